The maximum absolute atomic E-state index is 4.72. The highest BCUT2D eigenvalue weighted by Gasteiger charge is 2.18. The highest BCUT2D eigenvalue weighted by molar-refractivity contribution is 5.91. The van der Waals surface area contributed by atoms with E-state index in [1.165, 1.54) is 0 Å². The summed E-state index contributed by atoms with van der Waals surface area (Å²) in [6, 6.07) is 0.385. The normalized spacial score (nSPS) is 28.9. The van der Waals surface area contributed by atoms with Gasteiger partial charge >= 0.3 is 0 Å². The van der Waals surface area contributed by atoms with Gasteiger partial charge in [0.25, 0.3) is 0 Å². The first kappa shape index (κ1) is 8.49. The molecule has 64 valence electrons. The van der Waals surface area contributed by atoms with Crippen LogP contribution in [-0.4, -0.2) is 39.0 Å². The van der Waals surface area contributed by atoms with Crippen molar-refractivity contribution < 1.29 is 4.84 Å². The molecule has 0 bridgehead atoms. The van der Waals surface area contributed by atoms with Crippen LogP contribution in [0.2, 0.25) is 0 Å². The quantitative estimate of drug-likeness (QED) is 0.535. The summed E-state index contributed by atoms with van der Waals surface area (Å²) in [6.07, 6.45) is 1.08. The van der Waals surface area contributed by atoms with Crippen molar-refractivity contribution in [2.75, 3.05) is 27.2 Å². The molecule has 1 fully saturated rings. The predicted octanol–water partition coefficient (Wildman–Crippen LogP) is -0.430. The number of nitrogens with zero attached hydrogens (tertiary/aromatic N) is 1. The summed E-state index contributed by atoms with van der Waals surface area (Å²) in [4.78, 5) is 4.72. The van der Waals surface area contributed by atoms with Gasteiger partial charge in [0.15, 0.2) is 0 Å². The smallest absolute Gasteiger partial charge is 0.106 e. The second-order valence-corrected chi connectivity index (χ2v) is 2.57. The van der Waals surface area contributed by atoms with E-state index in [2.05, 4.69) is 15.8 Å². The van der Waals surface area contributed by atoms with E-state index in [1.54, 1.807) is 7.11 Å². The van der Waals surface area contributed by atoms with Gasteiger partial charge in [0, 0.05) is 6.54 Å². The molecule has 2 N–H and O–H groups in total. The van der Waals surface area contributed by atoms with E-state index in [9.17, 15) is 0 Å². The third kappa shape index (κ3) is 2.17. The molecular formula is C7H15N3O. The van der Waals surface area contributed by atoms with Gasteiger partial charge in [-0.05, 0) is 20.0 Å². The molecule has 1 aliphatic rings. The predicted molar refractivity (Wildman–Crippen MR) is 44.8 cm³/mol. The van der Waals surface area contributed by atoms with Crippen molar-refractivity contribution in [3.8, 4) is 0 Å². The number of hydrogen-bond donors (Lipinski definition) is 2. The van der Waals surface area contributed by atoms with Gasteiger partial charge in [-0.25, -0.2) is 0 Å². The highest BCUT2D eigenvalue weighted by Crippen LogP contribution is 1.99. The van der Waals surface area contributed by atoms with Crippen molar-refractivity contribution in [1.29, 1.82) is 0 Å². The second-order valence-electron chi connectivity index (χ2n) is 2.57. The van der Waals surface area contributed by atoms with Crippen LogP contribution in [0.3, 0.4) is 0 Å². The zero-order valence-electron chi connectivity index (χ0n) is 7.05. The molecule has 0 aromatic carbocycles. The van der Waals surface area contributed by atoms with Crippen LogP contribution in [0.25, 0.3) is 0 Å². The first-order valence-electron chi connectivity index (χ1n) is 3.86. The molecule has 0 radical (unpaired) electrons. The molecule has 0 amide bonds. The van der Waals surface area contributed by atoms with Crippen LogP contribution in [0.5, 0.6) is 0 Å². The van der Waals surface area contributed by atoms with Crippen molar-refractivity contribution in [3.63, 3.8) is 0 Å². The number of hydrogen-bond acceptors (Lipinski definition) is 4. The van der Waals surface area contributed by atoms with Crippen molar-refractivity contribution in [1.82, 2.24) is 10.6 Å². The molecular weight excluding hydrogens is 142 g/mol. The molecule has 4 heteroatoms. The van der Waals surface area contributed by atoms with E-state index in [4.69, 9.17) is 4.84 Å². The monoisotopic (exact) mass is 157 g/mol. The Hall–Kier alpha value is -0.610. The van der Waals surface area contributed by atoms with Crippen LogP contribution < -0.4 is 10.6 Å². The third-order valence-corrected chi connectivity index (χ3v) is 1.88. The van der Waals surface area contributed by atoms with Gasteiger partial charge in [-0.2, -0.15) is 0 Å². The first-order valence-corrected chi connectivity index (χ1v) is 3.86. The van der Waals surface area contributed by atoms with Gasteiger partial charge < -0.3 is 15.5 Å². The Morgan fingerprint density at radius 2 is 2.55 bits per heavy atom. The number of piperidine rings is 1. The lowest BCUT2D eigenvalue weighted by Gasteiger charge is -2.23. The SMILES string of the molecule is CNC1CCNC/C1=N\OC. The van der Waals surface area contributed by atoms with E-state index in [0.717, 1.165) is 25.2 Å². The Bertz CT molecular complexity index is 147. The minimum Gasteiger partial charge on any atom is -0.399 e. The van der Waals surface area contributed by atoms with E-state index < -0.39 is 0 Å². The van der Waals surface area contributed by atoms with Crippen molar-refractivity contribution in [3.05, 3.63) is 0 Å². The molecule has 1 aliphatic heterocycles. The Balaban J connectivity index is 2.51. The van der Waals surface area contributed by atoms with Crippen molar-refractivity contribution in [2.24, 2.45) is 5.16 Å². The summed E-state index contributed by atoms with van der Waals surface area (Å²) in [5, 5.41) is 10.3. The van der Waals surface area contributed by atoms with Gasteiger partial charge in [-0.15, -0.1) is 0 Å². The van der Waals surface area contributed by atoms with Crippen LogP contribution in [0.4, 0.5) is 0 Å². The Morgan fingerprint density at radius 3 is 3.18 bits per heavy atom. The third-order valence-electron chi connectivity index (χ3n) is 1.88. The van der Waals surface area contributed by atoms with Crippen LogP contribution in [0, 0.1) is 0 Å². The van der Waals surface area contributed by atoms with Crippen LogP contribution in [-0.2, 0) is 4.84 Å². The summed E-state index contributed by atoms with van der Waals surface area (Å²) in [5.41, 5.74) is 1.06. The minimum absolute atomic E-state index is 0.385. The summed E-state index contributed by atoms with van der Waals surface area (Å²) < 4.78 is 0. The lowest BCUT2D eigenvalue weighted by atomic mass is 10.1. The Kier molecular flexibility index (Phi) is 3.32. The fraction of sp³-hybridized carbons (Fsp3) is 0.857. The molecule has 0 spiro atoms. The molecule has 4 nitrogen and oxygen atoms in total. The molecule has 1 saturated heterocycles. The van der Waals surface area contributed by atoms with E-state index >= 15 is 0 Å². The largest absolute Gasteiger partial charge is 0.399 e. The van der Waals surface area contributed by atoms with E-state index in [-0.39, 0.29) is 0 Å². The molecule has 0 aromatic rings. The number of rotatable bonds is 2. The zero-order valence-corrected chi connectivity index (χ0v) is 7.05. The number of oxime groups is 1. The van der Waals surface area contributed by atoms with Gasteiger partial charge in [0.1, 0.15) is 7.11 Å². The van der Waals surface area contributed by atoms with Gasteiger partial charge in [0.2, 0.25) is 0 Å². The fourth-order valence-corrected chi connectivity index (χ4v) is 1.28. The van der Waals surface area contributed by atoms with Crippen LogP contribution in [0.15, 0.2) is 5.16 Å². The maximum atomic E-state index is 4.72. The fourth-order valence-electron chi connectivity index (χ4n) is 1.28. The molecule has 0 aliphatic carbocycles. The Morgan fingerprint density at radius 1 is 1.73 bits per heavy atom. The molecule has 0 saturated carbocycles. The van der Waals surface area contributed by atoms with Crippen LogP contribution >= 0.6 is 0 Å². The second kappa shape index (κ2) is 4.31. The average molecular weight is 157 g/mol. The molecule has 1 atom stereocenters. The topological polar surface area (TPSA) is 45.7 Å². The standard InChI is InChI=1S/C7H15N3O/c1-8-6-3-4-9-5-7(6)10-11-2/h6,8-9H,3-5H2,1-2H3/b10-7+. The zero-order chi connectivity index (χ0) is 8.10. The van der Waals surface area contributed by atoms with Gasteiger partial charge in [-0.3, -0.25) is 0 Å². The summed E-state index contributed by atoms with van der Waals surface area (Å²) in [7, 11) is 3.52. The van der Waals surface area contributed by atoms with E-state index in [1.807, 2.05) is 7.05 Å². The molecule has 1 heterocycles. The molecule has 0 aromatic heterocycles. The summed E-state index contributed by atoms with van der Waals surface area (Å²) in [5.74, 6) is 0. The Labute approximate surface area is 67.0 Å². The first-order chi connectivity index (χ1) is 5.38. The van der Waals surface area contributed by atoms with Crippen molar-refractivity contribution in [2.45, 2.75) is 12.5 Å². The van der Waals surface area contributed by atoms with Crippen molar-refractivity contribution >= 4 is 5.71 Å². The molecule has 1 unspecified atom stereocenters. The molecule has 11 heavy (non-hydrogen) atoms. The molecule has 1 rings (SSSR count). The van der Waals surface area contributed by atoms with Gasteiger partial charge in [0.05, 0.1) is 11.8 Å². The number of nitrogens with one attached hydrogen (secondary N) is 2. The summed E-state index contributed by atoms with van der Waals surface area (Å²) in [6.45, 7) is 1.88. The van der Waals surface area contributed by atoms with E-state index in [0.29, 0.717) is 6.04 Å². The average Bonchev–Trinajstić information content (AvgIpc) is 2.06. The van der Waals surface area contributed by atoms with Gasteiger partial charge in [-0.1, -0.05) is 5.16 Å². The summed E-state index contributed by atoms with van der Waals surface area (Å²) >= 11 is 0. The lowest BCUT2D eigenvalue weighted by molar-refractivity contribution is 0.209. The highest BCUT2D eigenvalue weighted by atomic mass is 16.6. The lowest BCUT2D eigenvalue weighted by Crippen LogP contribution is -2.46. The minimum atomic E-state index is 0.385. The van der Waals surface area contributed by atoms with Crippen LogP contribution in [0.1, 0.15) is 6.42 Å². The maximum Gasteiger partial charge on any atom is 0.106 e.